The summed E-state index contributed by atoms with van der Waals surface area (Å²) in [4.78, 5) is 10.6. The summed E-state index contributed by atoms with van der Waals surface area (Å²) in [6, 6.07) is 1.71. The molecule has 0 aliphatic heterocycles. The Bertz CT molecular complexity index is 456. The summed E-state index contributed by atoms with van der Waals surface area (Å²) in [7, 11) is 0. The molecule has 2 N–H and O–H groups in total. The molecule has 3 nitrogen and oxygen atoms in total. The molecular formula is C11H10F4O3. The van der Waals surface area contributed by atoms with Gasteiger partial charge in [0.05, 0.1) is 17.6 Å². The topological polar surface area (TPSA) is 57.5 Å². The van der Waals surface area contributed by atoms with Crippen molar-refractivity contribution in [2.45, 2.75) is 19.2 Å². The normalized spacial score (nSPS) is 15.2. The van der Waals surface area contributed by atoms with Crippen LogP contribution in [0.15, 0.2) is 18.2 Å². The van der Waals surface area contributed by atoms with E-state index in [0.29, 0.717) is 0 Å². The molecule has 0 heterocycles. The Labute approximate surface area is 99.7 Å². The van der Waals surface area contributed by atoms with Gasteiger partial charge >= 0.3 is 12.1 Å². The Morgan fingerprint density at radius 3 is 2.33 bits per heavy atom. The van der Waals surface area contributed by atoms with Gasteiger partial charge in [-0.1, -0.05) is 6.07 Å². The molecule has 18 heavy (non-hydrogen) atoms. The molecule has 100 valence electrons. The summed E-state index contributed by atoms with van der Waals surface area (Å²) in [5.41, 5.74) is -2.03. The number of benzene rings is 1. The van der Waals surface area contributed by atoms with Gasteiger partial charge in [0.1, 0.15) is 5.82 Å². The van der Waals surface area contributed by atoms with Crippen molar-refractivity contribution in [1.29, 1.82) is 0 Å². The average molecular weight is 266 g/mol. The number of rotatable bonds is 3. The van der Waals surface area contributed by atoms with Crippen LogP contribution in [-0.2, 0) is 11.0 Å². The molecule has 0 bridgehead atoms. The molecule has 1 rings (SSSR count). The van der Waals surface area contributed by atoms with E-state index in [4.69, 9.17) is 5.11 Å². The van der Waals surface area contributed by atoms with Gasteiger partial charge in [-0.2, -0.15) is 13.2 Å². The van der Waals surface area contributed by atoms with Crippen LogP contribution in [0.2, 0.25) is 0 Å². The molecule has 0 fully saturated rings. The molecule has 0 aliphatic carbocycles. The Kier molecular flexibility index (Phi) is 3.95. The highest BCUT2D eigenvalue weighted by Crippen LogP contribution is 2.37. The molecule has 0 amide bonds. The van der Waals surface area contributed by atoms with Crippen LogP contribution in [0.3, 0.4) is 0 Å². The highest BCUT2D eigenvalue weighted by Gasteiger charge is 2.37. The number of alkyl halides is 3. The van der Waals surface area contributed by atoms with E-state index in [9.17, 15) is 27.5 Å². The summed E-state index contributed by atoms with van der Waals surface area (Å²) >= 11 is 0. The standard InChI is InChI=1S/C11H10F4O3/c1-5(10(17)18)9(16)7-3-2-6(12)4-8(7)11(13,14)15/h2-5,9,16H,1H3,(H,17,18). The Morgan fingerprint density at radius 2 is 1.89 bits per heavy atom. The minimum atomic E-state index is -4.86. The zero-order valence-electron chi connectivity index (χ0n) is 9.20. The van der Waals surface area contributed by atoms with Crippen molar-refractivity contribution < 1.29 is 32.6 Å². The predicted octanol–water partition coefficient (Wildman–Crippen LogP) is 2.60. The molecule has 1 aromatic rings. The minimum Gasteiger partial charge on any atom is -0.481 e. The van der Waals surface area contributed by atoms with Crippen LogP contribution in [-0.4, -0.2) is 16.2 Å². The fourth-order valence-corrected chi connectivity index (χ4v) is 1.44. The van der Waals surface area contributed by atoms with Crippen molar-refractivity contribution in [2.24, 2.45) is 5.92 Å². The van der Waals surface area contributed by atoms with Crippen molar-refractivity contribution >= 4 is 5.97 Å². The Hall–Kier alpha value is -1.63. The molecular weight excluding hydrogens is 256 g/mol. The second kappa shape index (κ2) is 4.93. The van der Waals surface area contributed by atoms with Crippen molar-refractivity contribution in [3.63, 3.8) is 0 Å². The van der Waals surface area contributed by atoms with Crippen molar-refractivity contribution in [1.82, 2.24) is 0 Å². The first kappa shape index (κ1) is 14.4. The maximum atomic E-state index is 12.8. The first-order valence-electron chi connectivity index (χ1n) is 4.92. The lowest BCUT2D eigenvalue weighted by Crippen LogP contribution is -2.22. The number of hydrogen-bond acceptors (Lipinski definition) is 2. The average Bonchev–Trinajstić information content (AvgIpc) is 2.25. The van der Waals surface area contributed by atoms with E-state index < -0.39 is 41.1 Å². The van der Waals surface area contributed by atoms with Gasteiger partial charge in [0.25, 0.3) is 0 Å². The van der Waals surface area contributed by atoms with Crippen LogP contribution in [0.1, 0.15) is 24.2 Å². The zero-order valence-corrected chi connectivity index (χ0v) is 9.20. The fraction of sp³-hybridized carbons (Fsp3) is 0.364. The quantitative estimate of drug-likeness (QED) is 0.827. The van der Waals surface area contributed by atoms with Gasteiger partial charge < -0.3 is 10.2 Å². The van der Waals surface area contributed by atoms with Crippen molar-refractivity contribution in [2.75, 3.05) is 0 Å². The van der Waals surface area contributed by atoms with E-state index in [0.717, 1.165) is 19.1 Å². The smallest absolute Gasteiger partial charge is 0.416 e. The molecule has 2 atom stereocenters. The lowest BCUT2D eigenvalue weighted by molar-refractivity contribution is -0.147. The summed E-state index contributed by atoms with van der Waals surface area (Å²) in [5.74, 6) is -3.99. The van der Waals surface area contributed by atoms with E-state index in [2.05, 4.69) is 0 Å². The van der Waals surface area contributed by atoms with Gasteiger partial charge in [0, 0.05) is 0 Å². The summed E-state index contributed by atoms with van der Waals surface area (Å²) in [5, 5.41) is 18.2. The second-order valence-electron chi connectivity index (χ2n) is 3.80. The van der Waals surface area contributed by atoms with Crippen LogP contribution in [0, 0.1) is 11.7 Å². The number of carboxylic acids is 1. The first-order chi connectivity index (χ1) is 8.14. The molecule has 0 aliphatic rings. The maximum Gasteiger partial charge on any atom is 0.416 e. The second-order valence-corrected chi connectivity index (χ2v) is 3.80. The maximum absolute atomic E-state index is 12.8. The number of carboxylic acid groups (broad SMARTS) is 1. The SMILES string of the molecule is CC(C(=O)O)C(O)c1ccc(F)cc1C(F)(F)F. The third-order valence-electron chi connectivity index (χ3n) is 2.50. The highest BCUT2D eigenvalue weighted by atomic mass is 19.4. The van der Waals surface area contributed by atoms with Crippen molar-refractivity contribution in [3.8, 4) is 0 Å². The lowest BCUT2D eigenvalue weighted by Gasteiger charge is -2.20. The molecule has 0 aromatic heterocycles. The van der Waals surface area contributed by atoms with E-state index in [1.807, 2.05) is 0 Å². The Balaban J connectivity index is 3.28. The summed E-state index contributed by atoms with van der Waals surface area (Å²) in [6.07, 6.45) is -6.73. The molecule has 0 saturated carbocycles. The molecule has 2 unspecified atom stereocenters. The van der Waals surface area contributed by atoms with Crippen LogP contribution in [0.4, 0.5) is 17.6 Å². The number of aliphatic carboxylic acids is 1. The monoisotopic (exact) mass is 266 g/mol. The van der Waals surface area contributed by atoms with Crippen molar-refractivity contribution in [3.05, 3.63) is 35.1 Å². The molecule has 0 saturated heterocycles. The molecule has 7 heteroatoms. The third-order valence-corrected chi connectivity index (χ3v) is 2.50. The van der Waals surface area contributed by atoms with Gasteiger partial charge in [0.2, 0.25) is 0 Å². The van der Waals surface area contributed by atoms with E-state index in [1.54, 1.807) is 0 Å². The number of aliphatic hydroxyl groups excluding tert-OH is 1. The number of aliphatic hydroxyl groups is 1. The van der Waals surface area contributed by atoms with Crippen LogP contribution < -0.4 is 0 Å². The predicted molar refractivity (Wildman–Crippen MR) is 53.2 cm³/mol. The van der Waals surface area contributed by atoms with Crippen LogP contribution in [0.25, 0.3) is 0 Å². The van der Waals surface area contributed by atoms with Gasteiger partial charge in [-0.3, -0.25) is 4.79 Å². The Morgan fingerprint density at radius 1 is 1.33 bits per heavy atom. The zero-order chi connectivity index (χ0) is 14.1. The summed E-state index contributed by atoms with van der Waals surface area (Å²) in [6.45, 7) is 1.07. The highest BCUT2D eigenvalue weighted by molar-refractivity contribution is 5.70. The van der Waals surface area contributed by atoms with Gasteiger partial charge in [0.15, 0.2) is 0 Å². The van der Waals surface area contributed by atoms with Crippen LogP contribution >= 0.6 is 0 Å². The van der Waals surface area contributed by atoms with Gasteiger partial charge in [-0.25, -0.2) is 4.39 Å². The third kappa shape index (κ3) is 2.98. The minimum absolute atomic E-state index is 0.229. The van der Waals surface area contributed by atoms with Crippen LogP contribution in [0.5, 0.6) is 0 Å². The number of carbonyl (C=O) groups is 1. The number of hydrogen-bond donors (Lipinski definition) is 2. The molecule has 1 aromatic carbocycles. The van der Waals surface area contributed by atoms with Gasteiger partial charge in [-0.05, 0) is 24.6 Å². The largest absolute Gasteiger partial charge is 0.481 e. The van der Waals surface area contributed by atoms with E-state index in [1.165, 1.54) is 0 Å². The molecule has 0 spiro atoms. The van der Waals surface area contributed by atoms with E-state index >= 15 is 0 Å². The number of halogens is 4. The fourth-order valence-electron chi connectivity index (χ4n) is 1.44. The summed E-state index contributed by atoms with van der Waals surface area (Å²) < 4.78 is 50.7. The van der Waals surface area contributed by atoms with Gasteiger partial charge in [-0.15, -0.1) is 0 Å². The molecule has 0 radical (unpaired) electrons. The first-order valence-corrected chi connectivity index (χ1v) is 4.92. The lowest BCUT2D eigenvalue weighted by atomic mass is 9.93. The van der Waals surface area contributed by atoms with E-state index in [-0.39, 0.29) is 6.07 Å².